The molecule has 3 heteroatoms. The minimum absolute atomic E-state index is 0.835. The molecule has 1 aliphatic heterocycles. The lowest BCUT2D eigenvalue weighted by Crippen LogP contribution is -2.34. The molecular weight excluding hydrogens is 298 g/mol. The third kappa shape index (κ3) is 3.17. The van der Waals surface area contributed by atoms with Gasteiger partial charge in [0.1, 0.15) is 0 Å². The van der Waals surface area contributed by atoms with Crippen molar-refractivity contribution >= 4 is 33.2 Å². The third-order valence-electron chi connectivity index (χ3n) is 3.72. The average Bonchev–Trinajstić information content (AvgIpc) is 2.39. The lowest BCUT2D eigenvalue weighted by Gasteiger charge is -2.34. The van der Waals surface area contributed by atoms with Crippen LogP contribution in [-0.4, -0.2) is 13.1 Å². The average molecular weight is 317 g/mol. The van der Waals surface area contributed by atoms with Crippen LogP contribution in [0, 0.1) is 5.92 Å². The van der Waals surface area contributed by atoms with Gasteiger partial charge in [0.25, 0.3) is 0 Å². The molecule has 0 bridgehead atoms. The summed E-state index contributed by atoms with van der Waals surface area (Å²) in [6.07, 6.45) is 3.93. The molecule has 1 fully saturated rings. The first kappa shape index (κ1) is 13.2. The second-order valence-corrected chi connectivity index (χ2v) is 5.74. The molecule has 0 atom stereocenters. The topological polar surface area (TPSA) is 3.24 Å². The summed E-state index contributed by atoms with van der Waals surface area (Å²) in [7, 11) is 0. The van der Waals surface area contributed by atoms with Crippen molar-refractivity contribution in [1.29, 1.82) is 0 Å². The SMILES string of the molecule is CCC1CCN(c2cc(Cl)ccc2CBr)CC1. The van der Waals surface area contributed by atoms with Gasteiger partial charge in [-0.25, -0.2) is 0 Å². The Balaban J connectivity index is 2.14. The monoisotopic (exact) mass is 315 g/mol. The highest BCUT2D eigenvalue weighted by atomic mass is 79.9. The van der Waals surface area contributed by atoms with Gasteiger partial charge in [-0.3, -0.25) is 0 Å². The molecule has 1 saturated heterocycles. The van der Waals surface area contributed by atoms with E-state index in [-0.39, 0.29) is 0 Å². The summed E-state index contributed by atoms with van der Waals surface area (Å²) in [6.45, 7) is 4.63. The molecule has 0 spiro atoms. The van der Waals surface area contributed by atoms with Crippen molar-refractivity contribution in [1.82, 2.24) is 0 Å². The van der Waals surface area contributed by atoms with Crippen molar-refractivity contribution in [3.63, 3.8) is 0 Å². The maximum absolute atomic E-state index is 6.11. The van der Waals surface area contributed by atoms with E-state index in [2.05, 4.69) is 39.9 Å². The van der Waals surface area contributed by atoms with Crippen LogP contribution in [0.4, 0.5) is 5.69 Å². The minimum Gasteiger partial charge on any atom is -0.371 e. The quantitative estimate of drug-likeness (QED) is 0.720. The van der Waals surface area contributed by atoms with Gasteiger partial charge in [-0.05, 0) is 36.5 Å². The molecule has 1 aliphatic rings. The number of alkyl halides is 1. The molecule has 17 heavy (non-hydrogen) atoms. The number of rotatable bonds is 3. The van der Waals surface area contributed by atoms with Gasteiger partial charge in [0.2, 0.25) is 0 Å². The molecule has 1 nitrogen and oxygen atoms in total. The van der Waals surface area contributed by atoms with E-state index in [0.29, 0.717) is 0 Å². The predicted molar refractivity (Wildman–Crippen MR) is 79.3 cm³/mol. The number of nitrogens with zero attached hydrogens (tertiary/aromatic N) is 1. The zero-order chi connectivity index (χ0) is 12.3. The number of halogens is 2. The van der Waals surface area contributed by atoms with Crippen LogP contribution in [0.25, 0.3) is 0 Å². The van der Waals surface area contributed by atoms with Gasteiger partial charge < -0.3 is 4.90 Å². The number of benzene rings is 1. The fourth-order valence-corrected chi connectivity index (χ4v) is 3.17. The molecule has 0 aliphatic carbocycles. The molecule has 94 valence electrons. The Bertz CT molecular complexity index is 372. The maximum Gasteiger partial charge on any atom is 0.0426 e. The van der Waals surface area contributed by atoms with E-state index in [1.807, 2.05) is 6.07 Å². The van der Waals surface area contributed by atoms with Crippen molar-refractivity contribution in [2.24, 2.45) is 5.92 Å². The Morgan fingerprint density at radius 2 is 2.06 bits per heavy atom. The highest BCUT2D eigenvalue weighted by Gasteiger charge is 2.19. The summed E-state index contributed by atoms with van der Waals surface area (Å²) in [4.78, 5) is 2.48. The highest BCUT2D eigenvalue weighted by Crippen LogP contribution is 2.30. The summed E-state index contributed by atoms with van der Waals surface area (Å²) in [5.74, 6) is 0.915. The highest BCUT2D eigenvalue weighted by molar-refractivity contribution is 9.08. The van der Waals surface area contributed by atoms with E-state index < -0.39 is 0 Å². The summed E-state index contributed by atoms with van der Waals surface area (Å²) in [5, 5.41) is 1.73. The summed E-state index contributed by atoms with van der Waals surface area (Å²) in [5.41, 5.74) is 2.65. The van der Waals surface area contributed by atoms with E-state index in [1.54, 1.807) is 0 Å². The maximum atomic E-state index is 6.11. The summed E-state index contributed by atoms with van der Waals surface area (Å²) in [6, 6.07) is 6.20. The van der Waals surface area contributed by atoms with E-state index in [0.717, 1.165) is 16.3 Å². The van der Waals surface area contributed by atoms with Crippen molar-refractivity contribution in [3.05, 3.63) is 28.8 Å². The van der Waals surface area contributed by atoms with Gasteiger partial charge in [0, 0.05) is 29.1 Å². The normalized spacial score (nSPS) is 17.5. The Morgan fingerprint density at radius 1 is 1.35 bits per heavy atom. The first-order valence-electron chi connectivity index (χ1n) is 6.34. The van der Waals surface area contributed by atoms with E-state index in [9.17, 15) is 0 Å². The smallest absolute Gasteiger partial charge is 0.0426 e. The fourth-order valence-electron chi connectivity index (χ4n) is 2.53. The standard InChI is InChI=1S/C14H19BrClN/c1-2-11-5-7-17(8-6-11)14-9-13(16)4-3-12(14)10-15/h3-4,9,11H,2,5-8,10H2,1H3. The molecule has 0 radical (unpaired) electrons. The number of hydrogen-bond donors (Lipinski definition) is 0. The van der Waals surface area contributed by atoms with Gasteiger partial charge in [0.05, 0.1) is 0 Å². The second kappa shape index (κ2) is 6.10. The van der Waals surface area contributed by atoms with Gasteiger partial charge >= 0.3 is 0 Å². The van der Waals surface area contributed by atoms with E-state index in [1.165, 1.54) is 43.6 Å². The van der Waals surface area contributed by atoms with E-state index >= 15 is 0 Å². The van der Waals surface area contributed by atoms with Gasteiger partial charge in [-0.2, -0.15) is 0 Å². The van der Waals surface area contributed by atoms with Crippen LogP contribution in [0.15, 0.2) is 18.2 Å². The van der Waals surface area contributed by atoms with Gasteiger partial charge in [-0.15, -0.1) is 0 Å². The van der Waals surface area contributed by atoms with Crippen molar-refractivity contribution in [2.45, 2.75) is 31.5 Å². The minimum atomic E-state index is 0.835. The molecule has 0 amide bonds. The molecule has 0 unspecified atom stereocenters. The van der Waals surface area contributed by atoms with Crippen LogP contribution >= 0.6 is 27.5 Å². The largest absolute Gasteiger partial charge is 0.371 e. The first-order valence-corrected chi connectivity index (χ1v) is 7.84. The molecule has 0 N–H and O–H groups in total. The summed E-state index contributed by atoms with van der Waals surface area (Å²) >= 11 is 9.66. The lowest BCUT2D eigenvalue weighted by atomic mass is 9.94. The van der Waals surface area contributed by atoms with Crippen LogP contribution in [0.3, 0.4) is 0 Å². The fraction of sp³-hybridized carbons (Fsp3) is 0.571. The summed E-state index contributed by atoms with van der Waals surface area (Å²) < 4.78 is 0. The Hall–Kier alpha value is -0.210. The molecule has 0 aromatic heterocycles. The molecule has 1 aromatic carbocycles. The zero-order valence-electron chi connectivity index (χ0n) is 10.3. The molecule has 2 rings (SSSR count). The van der Waals surface area contributed by atoms with Crippen LogP contribution in [0.1, 0.15) is 31.7 Å². The van der Waals surface area contributed by atoms with Crippen LogP contribution < -0.4 is 4.90 Å². The van der Waals surface area contributed by atoms with Crippen molar-refractivity contribution in [2.75, 3.05) is 18.0 Å². The Labute approximate surface area is 117 Å². The Kier molecular flexibility index (Phi) is 4.75. The van der Waals surface area contributed by atoms with E-state index in [4.69, 9.17) is 11.6 Å². The van der Waals surface area contributed by atoms with Gasteiger partial charge in [-0.1, -0.05) is 46.9 Å². The van der Waals surface area contributed by atoms with Crippen molar-refractivity contribution in [3.8, 4) is 0 Å². The zero-order valence-corrected chi connectivity index (χ0v) is 12.6. The lowest BCUT2D eigenvalue weighted by molar-refractivity contribution is 0.395. The van der Waals surface area contributed by atoms with Gasteiger partial charge in [0.15, 0.2) is 0 Å². The third-order valence-corrected chi connectivity index (χ3v) is 4.56. The number of piperidine rings is 1. The van der Waals surface area contributed by atoms with Crippen molar-refractivity contribution < 1.29 is 0 Å². The van der Waals surface area contributed by atoms with Crippen LogP contribution in [0.5, 0.6) is 0 Å². The number of anilines is 1. The van der Waals surface area contributed by atoms with Crippen LogP contribution in [-0.2, 0) is 5.33 Å². The molecule has 1 heterocycles. The molecular formula is C14H19BrClN. The first-order chi connectivity index (χ1) is 8.24. The second-order valence-electron chi connectivity index (χ2n) is 4.75. The van der Waals surface area contributed by atoms with Crippen LogP contribution in [0.2, 0.25) is 5.02 Å². The number of hydrogen-bond acceptors (Lipinski definition) is 1. The molecule has 1 aromatic rings. The predicted octanol–water partition coefficient (Wildman–Crippen LogP) is 4.86. The molecule has 0 saturated carbocycles. The Morgan fingerprint density at radius 3 is 2.65 bits per heavy atom.